The smallest absolute Gasteiger partial charge is 0.338 e. The summed E-state index contributed by atoms with van der Waals surface area (Å²) in [6.07, 6.45) is 1.95. The summed E-state index contributed by atoms with van der Waals surface area (Å²) >= 11 is 1.54. The number of amides is 1. The van der Waals surface area contributed by atoms with Crippen LogP contribution in [0.3, 0.4) is 0 Å². The number of benzene rings is 1. The van der Waals surface area contributed by atoms with Gasteiger partial charge in [-0.2, -0.15) is 0 Å². The molecule has 2 aliphatic heterocycles. The molecule has 1 amide bonds. The number of amidine groups is 1. The van der Waals surface area contributed by atoms with Gasteiger partial charge in [-0.05, 0) is 19.4 Å². The van der Waals surface area contributed by atoms with E-state index in [-0.39, 0.29) is 12.5 Å². The Labute approximate surface area is 151 Å². The maximum atomic E-state index is 12.7. The highest BCUT2D eigenvalue weighted by Gasteiger charge is 2.41. The SMILES string of the molecule is C=CCOC(=O)C1=C(C)N=C2SCCC(=O)N2[C@H]1c1ccc(C)cc1. The molecule has 6 heteroatoms. The highest BCUT2D eigenvalue weighted by Crippen LogP contribution is 2.40. The van der Waals surface area contributed by atoms with Gasteiger partial charge in [0, 0.05) is 12.2 Å². The van der Waals surface area contributed by atoms with Crippen molar-refractivity contribution in [3.63, 3.8) is 0 Å². The minimum absolute atomic E-state index is 0.0235. The Hall–Kier alpha value is -2.34. The lowest BCUT2D eigenvalue weighted by Gasteiger charge is -2.38. The summed E-state index contributed by atoms with van der Waals surface area (Å²) in [6, 6.07) is 7.34. The molecule has 130 valence electrons. The molecule has 0 radical (unpaired) electrons. The van der Waals surface area contributed by atoms with Gasteiger partial charge in [-0.3, -0.25) is 9.69 Å². The van der Waals surface area contributed by atoms with Crippen LogP contribution in [0.25, 0.3) is 0 Å². The van der Waals surface area contributed by atoms with Crippen LogP contribution >= 0.6 is 11.8 Å². The number of nitrogens with zero attached hydrogens (tertiary/aromatic N) is 2. The molecule has 25 heavy (non-hydrogen) atoms. The summed E-state index contributed by atoms with van der Waals surface area (Å²) in [5, 5.41) is 0.652. The third-order valence-electron chi connectivity index (χ3n) is 4.15. The van der Waals surface area contributed by atoms with Crippen molar-refractivity contribution in [3.8, 4) is 0 Å². The van der Waals surface area contributed by atoms with Crippen LogP contribution in [-0.2, 0) is 14.3 Å². The molecule has 0 aliphatic carbocycles. The van der Waals surface area contributed by atoms with Crippen molar-refractivity contribution in [2.45, 2.75) is 26.3 Å². The third kappa shape index (κ3) is 3.39. The Kier molecular flexibility index (Phi) is 5.08. The van der Waals surface area contributed by atoms with E-state index < -0.39 is 12.0 Å². The summed E-state index contributed by atoms with van der Waals surface area (Å²) < 4.78 is 5.26. The van der Waals surface area contributed by atoms with E-state index in [0.29, 0.717) is 28.6 Å². The van der Waals surface area contributed by atoms with Gasteiger partial charge < -0.3 is 4.74 Å². The number of carbonyl (C=O) groups excluding carboxylic acids is 2. The number of hydrogen-bond donors (Lipinski definition) is 0. The Morgan fingerprint density at radius 1 is 1.40 bits per heavy atom. The molecular formula is C19H20N2O3S. The summed E-state index contributed by atoms with van der Waals surface area (Å²) in [7, 11) is 0. The number of carbonyl (C=O) groups is 2. The third-order valence-corrected chi connectivity index (χ3v) is 5.11. The zero-order valence-electron chi connectivity index (χ0n) is 14.3. The number of fused-ring (bicyclic) bond motifs is 1. The zero-order valence-corrected chi connectivity index (χ0v) is 15.1. The summed E-state index contributed by atoms with van der Waals surface area (Å²) in [5.74, 6) is 0.219. The topological polar surface area (TPSA) is 59.0 Å². The molecule has 1 aromatic rings. The molecule has 0 N–H and O–H groups in total. The lowest BCUT2D eigenvalue weighted by molar-refractivity contribution is -0.139. The highest BCUT2D eigenvalue weighted by atomic mass is 32.2. The fourth-order valence-corrected chi connectivity index (χ4v) is 3.94. The summed E-state index contributed by atoms with van der Waals surface area (Å²) in [6.45, 7) is 7.48. The molecule has 1 aromatic carbocycles. The first-order valence-electron chi connectivity index (χ1n) is 8.12. The Balaban J connectivity index is 2.11. The largest absolute Gasteiger partial charge is 0.458 e. The monoisotopic (exact) mass is 356 g/mol. The Bertz CT molecular complexity index is 780. The molecule has 1 saturated heterocycles. The van der Waals surface area contributed by atoms with Crippen molar-refractivity contribution in [1.29, 1.82) is 0 Å². The van der Waals surface area contributed by atoms with Crippen LogP contribution in [0.4, 0.5) is 0 Å². The first-order chi connectivity index (χ1) is 12.0. The average Bonchev–Trinajstić information content (AvgIpc) is 2.59. The molecule has 0 bridgehead atoms. The van der Waals surface area contributed by atoms with E-state index in [2.05, 4.69) is 11.6 Å². The molecule has 0 aromatic heterocycles. The van der Waals surface area contributed by atoms with Crippen LogP contribution in [0.5, 0.6) is 0 Å². The first-order valence-corrected chi connectivity index (χ1v) is 9.10. The first kappa shape index (κ1) is 17.5. The van der Waals surface area contributed by atoms with E-state index in [9.17, 15) is 9.59 Å². The number of ether oxygens (including phenoxy) is 1. The molecule has 0 saturated carbocycles. The van der Waals surface area contributed by atoms with E-state index in [1.165, 1.54) is 6.08 Å². The van der Waals surface area contributed by atoms with Gasteiger partial charge in [-0.15, -0.1) is 0 Å². The van der Waals surface area contributed by atoms with E-state index in [1.54, 1.807) is 23.6 Å². The van der Waals surface area contributed by atoms with Crippen molar-refractivity contribution < 1.29 is 14.3 Å². The highest BCUT2D eigenvalue weighted by molar-refractivity contribution is 8.14. The van der Waals surface area contributed by atoms with E-state index in [1.807, 2.05) is 31.2 Å². The number of hydrogen-bond acceptors (Lipinski definition) is 5. The molecule has 3 rings (SSSR count). The number of aliphatic imine (C=N–C) groups is 1. The lowest BCUT2D eigenvalue weighted by atomic mass is 9.93. The number of esters is 1. The molecule has 5 nitrogen and oxygen atoms in total. The molecule has 0 unspecified atom stereocenters. The molecule has 0 spiro atoms. The predicted octanol–water partition coefficient (Wildman–Crippen LogP) is 3.37. The normalized spacial score (nSPS) is 20.1. The van der Waals surface area contributed by atoms with Gasteiger partial charge in [-0.25, -0.2) is 9.79 Å². The van der Waals surface area contributed by atoms with E-state index in [0.717, 1.165) is 11.1 Å². The van der Waals surface area contributed by atoms with Crippen LogP contribution in [0.15, 0.2) is 53.2 Å². The quantitative estimate of drug-likeness (QED) is 0.613. The van der Waals surface area contributed by atoms with Gasteiger partial charge in [0.05, 0.1) is 17.3 Å². The van der Waals surface area contributed by atoms with Crippen molar-refractivity contribution in [2.75, 3.05) is 12.4 Å². The minimum Gasteiger partial charge on any atom is -0.458 e. The van der Waals surface area contributed by atoms with Crippen molar-refractivity contribution >= 4 is 28.8 Å². The second-order valence-electron chi connectivity index (χ2n) is 5.96. The van der Waals surface area contributed by atoms with Gasteiger partial charge in [0.25, 0.3) is 0 Å². The molecule has 1 atom stereocenters. The maximum absolute atomic E-state index is 12.7. The molecular weight excluding hydrogens is 336 g/mol. The van der Waals surface area contributed by atoms with Crippen LogP contribution in [0, 0.1) is 6.92 Å². The second kappa shape index (κ2) is 7.27. The standard InChI is InChI=1S/C19H20N2O3S/c1-4-10-24-18(23)16-13(3)20-19-21(15(22)9-11-25-19)17(16)14-7-5-12(2)6-8-14/h4-8,17H,1,9-11H2,2-3H3/t17-/m0/s1. The van der Waals surface area contributed by atoms with E-state index in [4.69, 9.17) is 4.74 Å². The van der Waals surface area contributed by atoms with Crippen LogP contribution in [-0.4, -0.2) is 34.3 Å². The zero-order chi connectivity index (χ0) is 18.0. The van der Waals surface area contributed by atoms with Crippen LogP contribution < -0.4 is 0 Å². The van der Waals surface area contributed by atoms with Crippen LogP contribution in [0.2, 0.25) is 0 Å². The average molecular weight is 356 g/mol. The van der Waals surface area contributed by atoms with Crippen LogP contribution in [0.1, 0.15) is 30.5 Å². The van der Waals surface area contributed by atoms with Gasteiger partial charge in [0.15, 0.2) is 5.17 Å². The molecule has 2 heterocycles. The van der Waals surface area contributed by atoms with Gasteiger partial charge in [0.1, 0.15) is 6.61 Å². The summed E-state index contributed by atoms with van der Waals surface area (Å²) in [5.41, 5.74) is 2.99. The summed E-state index contributed by atoms with van der Waals surface area (Å²) in [4.78, 5) is 31.4. The maximum Gasteiger partial charge on any atom is 0.338 e. The number of aryl methyl sites for hydroxylation is 1. The Morgan fingerprint density at radius 3 is 2.80 bits per heavy atom. The van der Waals surface area contributed by atoms with Crippen molar-refractivity contribution in [3.05, 3.63) is 59.3 Å². The predicted molar refractivity (Wildman–Crippen MR) is 99.1 cm³/mol. The van der Waals surface area contributed by atoms with Gasteiger partial charge in [-0.1, -0.05) is 54.2 Å². The fraction of sp³-hybridized carbons (Fsp3) is 0.316. The van der Waals surface area contributed by atoms with E-state index >= 15 is 0 Å². The second-order valence-corrected chi connectivity index (χ2v) is 7.02. The van der Waals surface area contributed by atoms with Crippen molar-refractivity contribution in [2.24, 2.45) is 4.99 Å². The minimum atomic E-state index is -0.509. The van der Waals surface area contributed by atoms with Gasteiger partial charge >= 0.3 is 5.97 Å². The fourth-order valence-electron chi connectivity index (χ4n) is 2.93. The lowest BCUT2D eigenvalue weighted by Crippen LogP contribution is -2.45. The van der Waals surface area contributed by atoms with Crippen molar-refractivity contribution in [1.82, 2.24) is 4.90 Å². The number of allylic oxidation sites excluding steroid dienone is 1. The van der Waals surface area contributed by atoms with Gasteiger partial charge in [0.2, 0.25) is 5.91 Å². The molecule has 1 fully saturated rings. The molecule has 2 aliphatic rings. The Morgan fingerprint density at radius 2 is 2.12 bits per heavy atom. The number of thioether (sulfide) groups is 1. The number of rotatable bonds is 4.